The normalized spacial score (nSPS) is 15.4. The summed E-state index contributed by atoms with van der Waals surface area (Å²) in [5, 5.41) is 2.41. The Hall–Kier alpha value is -1.22. The number of nitrogens with two attached hydrogens (primary N) is 1. The first kappa shape index (κ1) is 16.2. The summed E-state index contributed by atoms with van der Waals surface area (Å²) in [4.78, 5) is 12.0. The zero-order valence-corrected chi connectivity index (χ0v) is 13.0. The first-order valence-electron chi connectivity index (χ1n) is 6.49. The number of nitrogens with one attached hydrogen (secondary N) is 1. The van der Waals surface area contributed by atoms with Gasteiger partial charge in [0.05, 0.1) is 22.9 Å². The molecule has 0 spiro atoms. The number of hydrogen-bond donors (Lipinski definition) is 2. The molecular weight excluding hydrogens is 322 g/mol. The maximum Gasteiger partial charge on any atom is 0.255 e. The van der Waals surface area contributed by atoms with E-state index in [1.165, 1.54) is 6.92 Å². The van der Waals surface area contributed by atoms with Gasteiger partial charge < -0.3 is 11.1 Å². The highest BCUT2D eigenvalue weighted by atomic mass is 32.2. The molecule has 1 aromatic rings. The van der Waals surface area contributed by atoms with E-state index in [2.05, 4.69) is 5.32 Å². The highest BCUT2D eigenvalue weighted by Gasteiger charge is 2.36. The van der Waals surface area contributed by atoms with E-state index in [-0.39, 0.29) is 37.9 Å². The van der Waals surface area contributed by atoms with Crippen LogP contribution in [0.5, 0.6) is 0 Å². The summed E-state index contributed by atoms with van der Waals surface area (Å²) >= 11 is 0.849. The average Bonchev–Trinajstić information content (AvgIpc) is 3.19. The van der Waals surface area contributed by atoms with Gasteiger partial charge in [-0.3, -0.25) is 4.79 Å². The van der Waals surface area contributed by atoms with E-state index in [0.717, 1.165) is 24.2 Å². The Bertz CT molecular complexity index is 652. The molecule has 0 unspecified atom stereocenters. The Morgan fingerprint density at radius 3 is 2.57 bits per heavy atom. The van der Waals surface area contributed by atoms with Crippen molar-refractivity contribution in [2.45, 2.75) is 31.1 Å². The number of rotatable bonds is 7. The third kappa shape index (κ3) is 3.34. The molecule has 1 heterocycles. The first-order valence-corrected chi connectivity index (χ1v) is 8.96. The lowest BCUT2D eigenvalue weighted by atomic mass is 10.2. The molecule has 21 heavy (non-hydrogen) atoms. The molecule has 0 radical (unpaired) electrons. The molecule has 9 heteroatoms. The van der Waals surface area contributed by atoms with Gasteiger partial charge in [0.1, 0.15) is 9.90 Å². The third-order valence-electron chi connectivity index (χ3n) is 3.18. The number of thiophene rings is 1. The van der Waals surface area contributed by atoms with Gasteiger partial charge in [0.2, 0.25) is 0 Å². The molecule has 3 N–H and O–H groups in total. The van der Waals surface area contributed by atoms with Crippen molar-refractivity contribution in [1.29, 1.82) is 0 Å². The van der Waals surface area contributed by atoms with Crippen LogP contribution in [0, 0.1) is 5.92 Å². The highest BCUT2D eigenvalue weighted by Crippen LogP contribution is 2.44. The van der Waals surface area contributed by atoms with Crippen LogP contribution in [0.3, 0.4) is 0 Å². The fraction of sp³-hybridized carbons (Fsp3) is 0.583. The number of nitrogen functional groups attached to an aromatic ring is 1. The number of ketones is 1. The lowest BCUT2D eigenvalue weighted by molar-refractivity contribution is 0.0972. The second-order valence-electron chi connectivity index (χ2n) is 4.82. The van der Waals surface area contributed by atoms with E-state index in [1.54, 1.807) is 0 Å². The largest absolute Gasteiger partial charge is 0.396 e. The molecule has 5 nitrogen and oxygen atoms in total. The van der Waals surface area contributed by atoms with Gasteiger partial charge in [-0.15, -0.1) is 11.3 Å². The van der Waals surface area contributed by atoms with Crippen molar-refractivity contribution in [3.05, 3.63) is 4.88 Å². The molecule has 0 atom stereocenters. The summed E-state index contributed by atoms with van der Waals surface area (Å²) in [6.07, 6.45) is -1.12. The second-order valence-corrected chi connectivity index (χ2v) is 8.05. The van der Waals surface area contributed by atoms with Crippen molar-refractivity contribution in [1.82, 2.24) is 0 Å². The van der Waals surface area contributed by atoms with Gasteiger partial charge in [-0.25, -0.2) is 17.2 Å². The number of alkyl halides is 2. The summed E-state index contributed by atoms with van der Waals surface area (Å²) in [7, 11) is -3.70. The Morgan fingerprint density at radius 1 is 1.48 bits per heavy atom. The number of carbonyl (C=O) groups is 1. The molecule has 1 aliphatic rings. The zero-order valence-electron chi connectivity index (χ0n) is 11.4. The maximum absolute atomic E-state index is 12.3. The van der Waals surface area contributed by atoms with E-state index in [9.17, 15) is 22.0 Å². The average molecular weight is 338 g/mol. The van der Waals surface area contributed by atoms with Gasteiger partial charge in [-0.1, -0.05) is 6.92 Å². The van der Waals surface area contributed by atoms with Crippen LogP contribution in [0.25, 0.3) is 0 Å². The minimum absolute atomic E-state index is 0.0265. The quantitative estimate of drug-likeness (QED) is 0.745. The van der Waals surface area contributed by atoms with Crippen molar-refractivity contribution in [2.75, 3.05) is 23.3 Å². The van der Waals surface area contributed by atoms with Crippen LogP contribution in [-0.4, -0.2) is 32.9 Å². The molecule has 118 valence electrons. The number of hydrogen-bond acceptors (Lipinski definition) is 6. The van der Waals surface area contributed by atoms with E-state index < -0.39 is 22.8 Å². The van der Waals surface area contributed by atoms with Crippen LogP contribution >= 0.6 is 11.3 Å². The molecule has 0 aromatic carbocycles. The predicted octanol–water partition coefficient (Wildman–Crippen LogP) is 2.39. The third-order valence-corrected chi connectivity index (χ3v) is 6.29. The summed E-state index contributed by atoms with van der Waals surface area (Å²) in [5.74, 6) is -0.532. The van der Waals surface area contributed by atoms with E-state index in [4.69, 9.17) is 5.73 Å². The highest BCUT2D eigenvalue weighted by molar-refractivity contribution is 7.92. The molecule has 0 bridgehead atoms. The maximum atomic E-state index is 12.3. The topological polar surface area (TPSA) is 89.3 Å². The van der Waals surface area contributed by atoms with Crippen LogP contribution in [0.2, 0.25) is 0 Å². The number of Topliss-reactive ketones (excluding diaryl/α,β-unsaturated/α-hetero) is 1. The van der Waals surface area contributed by atoms with Gasteiger partial charge in [-0.2, -0.15) is 0 Å². The Kier molecular flexibility index (Phi) is 4.52. The Morgan fingerprint density at radius 2 is 2.10 bits per heavy atom. The van der Waals surface area contributed by atoms with Crippen LogP contribution in [-0.2, 0) is 9.84 Å². The fourth-order valence-corrected chi connectivity index (χ4v) is 4.57. The van der Waals surface area contributed by atoms with Crippen molar-refractivity contribution in [3.63, 3.8) is 0 Å². The molecule has 0 aliphatic heterocycles. The Labute approximate surface area is 125 Å². The molecule has 0 saturated heterocycles. The van der Waals surface area contributed by atoms with E-state index in [0.29, 0.717) is 0 Å². The number of halogens is 2. The number of sulfone groups is 1. The van der Waals surface area contributed by atoms with E-state index in [1.807, 2.05) is 0 Å². The summed E-state index contributed by atoms with van der Waals surface area (Å²) in [6, 6.07) is 0. The smallest absolute Gasteiger partial charge is 0.255 e. The molecule has 1 fully saturated rings. The van der Waals surface area contributed by atoms with Crippen LogP contribution in [0.4, 0.5) is 19.5 Å². The van der Waals surface area contributed by atoms with Crippen molar-refractivity contribution in [3.8, 4) is 0 Å². The van der Waals surface area contributed by atoms with Crippen molar-refractivity contribution >= 4 is 37.6 Å². The minimum Gasteiger partial charge on any atom is -0.396 e. The standard InChI is InChI=1S/C12H16F2N2O3S2/c1-2-21(18,19)11-8(15)10(9(17)6-3-4-6)20-12(11)16-5-7(13)14/h6-7,16H,2-5,15H2,1H3. The predicted molar refractivity (Wildman–Crippen MR) is 78.0 cm³/mol. The van der Waals surface area contributed by atoms with Gasteiger partial charge in [0.25, 0.3) is 6.43 Å². The molecule has 1 aliphatic carbocycles. The van der Waals surface area contributed by atoms with Gasteiger partial charge in [-0.05, 0) is 12.8 Å². The lowest BCUT2D eigenvalue weighted by Gasteiger charge is -2.07. The van der Waals surface area contributed by atoms with Crippen molar-refractivity contribution in [2.24, 2.45) is 5.92 Å². The van der Waals surface area contributed by atoms with Gasteiger partial charge in [0.15, 0.2) is 15.6 Å². The number of anilines is 2. The second kappa shape index (κ2) is 5.88. The lowest BCUT2D eigenvalue weighted by Crippen LogP contribution is -2.13. The fourth-order valence-electron chi connectivity index (χ4n) is 1.88. The summed E-state index contributed by atoms with van der Waals surface area (Å²) in [5.41, 5.74) is 5.71. The van der Waals surface area contributed by atoms with E-state index >= 15 is 0 Å². The summed E-state index contributed by atoms with van der Waals surface area (Å²) in [6.45, 7) is 0.745. The summed E-state index contributed by atoms with van der Waals surface area (Å²) < 4.78 is 48.9. The monoisotopic (exact) mass is 338 g/mol. The molecular formula is C12H16F2N2O3S2. The SMILES string of the molecule is CCS(=O)(=O)c1c(NCC(F)F)sc(C(=O)C2CC2)c1N. The van der Waals surface area contributed by atoms with Crippen LogP contribution < -0.4 is 11.1 Å². The molecule has 0 amide bonds. The van der Waals surface area contributed by atoms with Gasteiger partial charge in [0, 0.05) is 5.92 Å². The van der Waals surface area contributed by atoms with Crippen LogP contribution in [0.15, 0.2) is 4.90 Å². The van der Waals surface area contributed by atoms with Crippen LogP contribution in [0.1, 0.15) is 29.4 Å². The zero-order chi connectivity index (χ0) is 15.8. The molecule has 1 saturated carbocycles. The first-order chi connectivity index (χ1) is 9.77. The Balaban J connectivity index is 2.46. The molecule has 2 rings (SSSR count). The number of carbonyl (C=O) groups excluding carboxylic acids is 1. The molecule has 1 aromatic heterocycles. The minimum atomic E-state index is -3.70. The van der Waals surface area contributed by atoms with Crippen molar-refractivity contribution < 1.29 is 22.0 Å². The van der Waals surface area contributed by atoms with Gasteiger partial charge >= 0.3 is 0 Å².